The third-order valence-corrected chi connectivity index (χ3v) is 6.32. The molecule has 7 heteroatoms. The molecule has 4 rings (SSSR count). The summed E-state index contributed by atoms with van der Waals surface area (Å²) < 4.78 is 11.4. The zero-order chi connectivity index (χ0) is 21.6. The normalized spacial score (nSPS) is 17.1. The molecule has 0 amide bonds. The van der Waals surface area contributed by atoms with Crippen LogP contribution in [0.25, 0.3) is 22.0 Å². The molecular weight excluding hydrogens is 408 g/mol. The molecule has 1 unspecified atom stereocenters. The molecule has 0 bridgehead atoms. The molecule has 1 fully saturated rings. The number of rotatable bonds is 8. The summed E-state index contributed by atoms with van der Waals surface area (Å²) in [4.78, 5) is 3.49. The summed E-state index contributed by atoms with van der Waals surface area (Å²) in [6.07, 6.45) is 4.40. The van der Waals surface area contributed by atoms with Crippen LogP contribution in [0, 0.1) is 0 Å². The first-order chi connectivity index (χ1) is 15.2. The van der Waals surface area contributed by atoms with Gasteiger partial charge in [-0.1, -0.05) is 24.3 Å². The van der Waals surface area contributed by atoms with E-state index in [1.807, 2.05) is 19.1 Å². The number of hydrogen-bond acceptors (Lipinski definition) is 7. The lowest BCUT2D eigenvalue weighted by molar-refractivity contribution is 0.0226. The number of anilines is 1. The molecule has 1 aromatic heterocycles. The van der Waals surface area contributed by atoms with Crippen LogP contribution >= 0.6 is 11.8 Å². The fraction of sp³-hybridized carbons (Fsp3) is 0.417. The molecule has 1 N–H and O–H groups in total. The summed E-state index contributed by atoms with van der Waals surface area (Å²) in [5.41, 5.74) is 1.74. The van der Waals surface area contributed by atoms with E-state index in [-0.39, 0.29) is 6.79 Å². The Kier molecular flexibility index (Phi) is 7.27. The van der Waals surface area contributed by atoms with Crippen molar-refractivity contribution in [2.75, 3.05) is 45.1 Å². The minimum atomic E-state index is 0.210. The number of aromatic nitrogens is 2. The maximum atomic E-state index is 5.96. The summed E-state index contributed by atoms with van der Waals surface area (Å²) in [5, 5.41) is 15.0. The molecule has 0 saturated carbocycles. The number of hydrogen-bond donors (Lipinski definition) is 1. The van der Waals surface area contributed by atoms with E-state index in [1.165, 1.54) is 6.42 Å². The summed E-state index contributed by atoms with van der Waals surface area (Å²) in [7, 11) is 2.17. The number of nitrogens with one attached hydrogen (secondary N) is 1. The highest BCUT2D eigenvalue weighted by Gasteiger charge is 2.20. The second kappa shape index (κ2) is 10.3. The molecule has 1 aliphatic heterocycles. The van der Waals surface area contributed by atoms with Crippen molar-refractivity contribution in [2.45, 2.75) is 30.7 Å². The Bertz CT molecular complexity index is 1030. The van der Waals surface area contributed by atoms with Crippen molar-refractivity contribution in [3.8, 4) is 17.0 Å². The van der Waals surface area contributed by atoms with E-state index in [4.69, 9.17) is 9.47 Å². The number of ether oxygens (including phenoxy) is 2. The van der Waals surface area contributed by atoms with Crippen LogP contribution in [0.2, 0.25) is 0 Å². The summed E-state index contributed by atoms with van der Waals surface area (Å²) in [6, 6.07) is 14.9. The molecule has 2 heterocycles. The van der Waals surface area contributed by atoms with Gasteiger partial charge in [0.25, 0.3) is 0 Å². The first kappa shape index (κ1) is 21.9. The van der Waals surface area contributed by atoms with Crippen molar-refractivity contribution in [3.05, 3.63) is 42.5 Å². The van der Waals surface area contributed by atoms with Gasteiger partial charge in [-0.15, -0.1) is 22.0 Å². The third kappa shape index (κ3) is 5.11. The zero-order valence-corrected chi connectivity index (χ0v) is 19.2. The highest BCUT2D eigenvalue weighted by atomic mass is 32.2. The predicted octanol–water partition coefficient (Wildman–Crippen LogP) is 4.90. The van der Waals surface area contributed by atoms with Crippen LogP contribution in [0.15, 0.2) is 47.4 Å². The van der Waals surface area contributed by atoms with Gasteiger partial charge in [0.1, 0.15) is 11.4 Å². The standard InChI is InChI=1S/C24H30N4O2S/c1-4-29-16-30-22-14-18(31-3)11-12-21(22)23-19-9-5-6-10-20(19)24(27-26-23)25-17-8-7-13-28(2)15-17/h5-6,9-12,14,17H,4,7-8,13,15-16H2,1-3H3,(H,25,27). The number of likely N-dealkylation sites (tertiary alicyclic amines) is 1. The molecular formula is C24H30N4O2S. The number of piperidine rings is 1. The van der Waals surface area contributed by atoms with Crippen LogP contribution < -0.4 is 10.1 Å². The van der Waals surface area contributed by atoms with Crippen molar-refractivity contribution >= 4 is 28.4 Å². The van der Waals surface area contributed by atoms with Crippen molar-refractivity contribution in [3.63, 3.8) is 0 Å². The van der Waals surface area contributed by atoms with Gasteiger partial charge < -0.3 is 19.7 Å². The van der Waals surface area contributed by atoms with Gasteiger partial charge in [-0.05, 0) is 57.8 Å². The monoisotopic (exact) mass is 438 g/mol. The fourth-order valence-corrected chi connectivity index (χ4v) is 4.45. The predicted molar refractivity (Wildman–Crippen MR) is 128 cm³/mol. The molecule has 1 saturated heterocycles. The van der Waals surface area contributed by atoms with Gasteiger partial charge in [0, 0.05) is 40.4 Å². The van der Waals surface area contributed by atoms with Crippen molar-refractivity contribution in [1.82, 2.24) is 15.1 Å². The van der Waals surface area contributed by atoms with Gasteiger partial charge in [0.05, 0.1) is 0 Å². The largest absolute Gasteiger partial charge is 0.467 e. The average Bonchev–Trinajstić information content (AvgIpc) is 2.80. The third-order valence-electron chi connectivity index (χ3n) is 5.60. The maximum Gasteiger partial charge on any atom is 0.189 e. The van der Waals surface area contributed by atoms with Crippen molar-refractivity contribution < 1.29 is 9.47 Å². The Labute approximate surface area is 188 Å². The second-order valence-electron chi connectivity index (χ2n) is 7.81. The van der Waals surface area contributed by atoms with Gasteiger partial charge in [-0.3, -0.25) is 0 Å². The van der Waals surface area contributed by atoms with E-state index in [0.717, 1.165) is 58.0 Å². The minimum Gasteiger partial charge on any atom is -0.467 e. The SMILES string of the molecule is CCOCOc1cc(SC)ccc1-c1nnc(NC2CCCN(C)C2)c2ccccc12. The van der Waals surface area contributed by atoms with Crippen LogP contribution in [0.4, 0.5) is 5.82 Å². The lowest BCUT2D eigenvalue weighted by Gasteiger charge is -2.30. The molecule has 0 spiro atoms. The molecule has 0 radical (unpaired) electrons. The van der Waals surface area contributed by atoms with Crippen LogP contribution in [-0.4, -0.2) is 60.9 Å². The molecule has 0 aliphatic carbocycles. The summed E-state index contributed by atoms with van der Waals surface area (Å²) in [5.74, 6) is 1.60. The van der Waals surface area contributed by atoms with Gasteiger partial charge in [0.15, 0.2) is 12.6 Å². The first-order valence-corrected chi connectivity index (χ1v) is 12.0. The fourth-order valence-electron chi connectivity index (χ4n) is 4.02. The molecule has 3 aromatic rings. The summed E-state index contributed by atoms with van der Waals surface area (Å²) in [6.45, 7) is 4.94. The van der Waals surface area contributed by atoms with Crippen molar-refractivity contribution in [2.24, 2.45) is 0 Å². The van der Waals surface area contributed by atoms with E-state index in [9.17, 15) is 0 Å². The molecule has 2 aromatic carbocycles. The number of likely N-dealkylation sites (N-methyl/N-ethyl adjacent to an activating group) is 1. The molecule has 164 valence electrons. The smallest absolute Gasteiger partial charge is 0.189 e. The molecule has 6 nitrogen and oxygen atoms in total. The zero-order valence-electron chi connectivity index (χ0n) is 18.4. The second-order valence-corrected chi connectivity index (χ2v) is 8.69. The highest BCUT2D eigenvalue weighted by molar-refractivity contribution is 7.98. The number of benzene rings is 2. The van der Waals surface area contributed by atoms with Crippen molar-refractivity contribution in [1.29, 1.82) is 0 Å². The Balaban J connectivity index is 1.72. The van der Waals surface area contributed by atoms with Gasteiger partial charge in [-0.25, -0.2) is 0 Å². The van der Waals surface area contributed by atoms with Crippen LogP contribution in [0.1, 0.15) is 19.8 Å². The quantitative estimate of drug-likeness (QED) is 0.305. The minimum absolute atomic E-state index is 0.210. The van der Waals surface area contributed by atoms with E-state index in [1.54, 1.807) is 11.8 Å². The Morgan fingerprint density at radius 1 is 1.16 bits per heavy atom. The van der Waals surface area contributed by atoms with Crippen LogP contribution in [-0.2, 0) is 4.74 Å². The number of nitrogens with zero attached hydrogens (tertiary/aromatic N) is 3. The van der Waals surface area contributed by atoms with E-state index in [0.29, 0.717) is 12.6 Å². The lowest BCUT2D eigenvalue weighted by atomic mass is 10.0. The van der Waals surface area contributed by atoms with Crippen LogP contribution in [0.3, 0.4) is 0 Å². The van der Waals surface area contributed by atoms with E-state index < -0.39 is 0 Å². The van der Waals surface area contributed by atoms with Gasteiger partial charge >= 0.3 is 0 Å². The van der Waals surface area contributed by atoms with E-state index in [2.05, 4.69) is 64.0 Å². The van der Waals surface area contributed by atoms with Gasteiger partial charge in [0.2, 0.25) is 0 Å². The molecule has 1 aliphatic rings. The molecule has 1 atom stereocenters. The average molecular weight is 439 g/mol. The topological polar surface area (TPSA) is 59.5 Å². The Morgan fingerprint density at radius 3 is 2.77 bits per heavy atom. The lowest BCUT2D eigenvalue weighted by Crippen LogP contribution is -2.40. The summed E-state index contributed by atoms with van der Waals surface area (Å²) >= 11 is 1.68. The molecule has 31 heavy (non-hydrogen) atoms. The Hall–Kier alpha value is -2.35. The number of fused-ring (bicyclic) bond motifs is 1. The Morgan fingerprint density at radius 2 is 2.00 bits per heavy atom. The highest BCUT2D eigenvalue weighted by Crippen LogP contribution is 2.37. The first-order valence-electron chi connectivity index (χ1n) is 10.8. The van der Waals surface area contributed by atoms with Gasteiger partial charge in [-0.2, -0.15) is 0 Å². The maximum absolute atomic E-state index is 5.96. The van der Waals surface area contributed by atoms with Crippen LogP contribution in [0.5, 0.6) is 5.75 Å². The number of thioether (sulfide) groups is 1. The van der Waals surface area contributed by atoms with E-state index >= 15 is 0 Å².